The van der Waals surface area contributed by atoms with Gasteiger partial charge in [-0.3, -0.25) is 0 Å². The number of aryl methyl sites for hydroxylation is 2. The van der Waals surface area contributed by atoms with Gasteiger partial charge in [-0.15, -0.1) is 0 Å². The molecule has 2 heterocycles. The molecule has 1 aromatic carbocycles. The minimum absolute atomic E-state index is 0.00484. The van der Waals surface area contributed by atoms with Crippen molar-refractivity contribution in [2.45, 2.75) is 78.5 Å². The number of hydrogen-bond acceptors (Lipinski definition) is 4. The third kappa shape index (κ3) is 4.56. The van der Waals surface area contributed by atoms with Crippen molar-refractivity contribution in [3.63, 3.8) is 0 Å². The Labute approximate surface area is 168 Å². The van der Waals surface area contributed by atoms with Crippen molar-refractivity contribution >= 4 is 12.0 Å². The highest BCUT2D eigenvalue weighted by atomic mass is 16.8. The quantitative estimate of drug-likeness (QED) is 0.446. The normalized spacial score (nSPS) is 32.6. The Balaban J connectivity index is 1.99. The van der Waals surface area contributed by atoms with Crippen molar-refractivity contribution < 1.29 is 19.0 Å². The fourth-order valence-corrected chi connectivity index (χ4v) is 4.01. The first-order chi connectivity index (χ1) is 13.2. The Morgan fingerprint density at radius 2 is 1.71 bits per heavy atom. The van der Waals surface area contributed by atoms with Crippen LogP contribution in [-0.2, 0) is 14.2 Å². The Hall–Kier alpha value is -1.91. The van der Waals surface area contributed by atoms with Crippen LogP contribution in [0, 0.1) is 19.8 Å². The number of fused-ring (bicyclic) bond motifs is 2. The smallest absolute Gasteiger partial charge is 0.339 e. The summed E-state index contributed by atoms with van der Waals surface area (Å²) in [6, 6.07) is 4.02. The summed E-state index contributed by atoms with van der Waals surface area (Å²) in [5, 5.41) is 0. The summed E-state index contributed by atoms with van der Waals surface area (Å²) >= 11 is 0. The van der Waals surface area contributed by atoms with Gasteiger partial charge in [0, 0.05) is 12.3 Å². The molecule has 4 nitrogen and oxygen atoms in total. The predicted molar refractivity (Wildman–Crippen MR) is 111 cm³/mol. The SMILES string of the molecule is Cc1ccc(C)c2c1/C=C/C[C@@H]1OC(C)(C)O[C@@H]1C(C)/C=C\C[C@H](C)OC2=O. The van der Waals surface area contributed by atoms with E-state index < -0.39 is 5.79 Å². The highest BCUT2D eigenvalue weighted by Crippen LogP contribution is 2.35. The minimum atomic E-state index is -0.587. The fourth-order valence-electron chi connectivity index (χ4n) is 4.01. The van der Waals surface area contributed by atoms with E-state index in [0.29, 0.717) is 12.0 Å². The van der Waals surface area contributed by atoms with E-state index in [1.54, 1.807) is 0 Å². The third-order valence-electron chi connectivity index (χ3n) is 5.48. The molecule has 0 aromatic heterocycles. The Bertz CT molecular complexity index is 790. The second-order valence-electron chi connectivity index (χ2n) is 8.50. The number of carbonyl (C=O) groups excluding carboxylic acids is 1. The molecule has 1 unspecified atom stereocenters. The van der Waals surface area contributed by atoms with Crippen LogP contribution in [0.25, 0.3) is 6.08 Å². The van der Waals surface area contributed by atoms with Crippen LogP contribution in [0.5, 0.6) is 0 Å². The van der Waals surface area contributed by atoms with Gasteiger partial charge in [0.05, 0.1) is 17.8 Å². The van der Waals surface area contributed by atoms with Crippen LogP contribution >= 0.6 is 0 Å². The molecule has 4 atom stereocenters. The van der Waals surface area contributed by atoms with Crippen LogP contribution in [0.2, 0.25) is 0 Å². The van der Waals surface area contributed by atoms with Gasteiger partial charge in [0.15, 0.2) is 5.79 Å². The predicted octanol–water partition coefficient (Wildman–Crippen LogP) is 5.37. The highest BCUT2D eigenvalue weighted by molar-refractivity contribution is 5.96. The molecule has 1 saturated heterocycles. The van der Waals surface area contributed by atoms with E-state index in [1.807, 2.05) is 52.8 Å². The van der Waals surface area contributed by atoms with Gasteiger partial charge in [-0.1, -0.05) is 43.4 Å². The molecule has 2 aliphatic rings. The highest BCUT2D eigenvalue weighted by Gasteiger charge is 2.42. The van der Waals surface area contributed by atoms with E-state index in [2.05, 4.69) is 25.2 Å². The Kier molecular flexibility index (Phi) is 6.11. The van der Waals surface area contributed by atoms with E-state index in [1.165, 1.54) is 0 Å². The van der Waals surface area contributed by atoms with Crippen LogP contribution in [-0.4, -0.2) is 30.1 Å². The van der Waals surface area contributed by atoms with Gasteiger partial charge in [-0.25, -0.2) is 4.79 Å². The topological polar surface area (TPSA) is 44.8 Å². The molecule has 3 rings (SSSR count). The van der Waals surface area contributed by atoms with E-state index in [9.17, 15) is 4.79 Å². The van der Waals surface area contributed by atoms with Crippen molar-refractivity contribution in [2.75, 3.05) is 0 Å². The molecule has 0 amide bonds. The van der Waals surface area contributed by atoms with Gasteiger partial charge >= 0.3 is 5.97 Å². The van der Waals surface area contributed by atoms with Gasteiger partial charge in [0.2, 0.25) is 0 Å². The van der Waals surface area contributed by atoms with E-state index in [0.717, 1.165) is 23.1 Å². The second kappa shape index (κ2) is 8.22. The molecule has 2 aliphatic heterocycles. The largest absolute Gasteiger partial charge is 0.459 e. The minimum Gasteiger partial charge on any atom is -0.459 e. The number of esters is 1. The van der Waals surface area contributed by atoms with Crippen molar-refractivity contribution in [1.82, 2.24) is 0 Å². The van der Waals surface area contributed by atoms with Crippen LogP contribution in [0.4, 0.5) is 0 Å². The zero-order chi connectivity index (χ0) is 20.5. The van der Waals surface area contributed by atoms with Gasteiger partial charge in [0.25, 0.3) is 0 Å². The van der Waals surface area contributed by atoms with Gasteiger partial charge in [0.1, 0.15) is 6.10 Å². The maximum atomic E-state index is 12.9. The van der Waals surface area contributed by atoms with Gasteiger partial charge in [-0.05, 0) is 57.7 Å². The monoisotopic (exact) mass is 384 g/mol. The summed E-state index contributed by atoms with van der Waals surface area (Å²) in [7, 11) is 0. The van der Waals surface area contributed by atoms with Crippen LogP contribution in [0.1, 0.15) is 67.6 Å². The first-order valence-electron chi connectivity index (χ1n) is 10.2. The average molecular weight is 385 g/mol. The van der Waals surface area contributed by atoms with E-state index >= 15 is 0 Å². The summed E-state index contributed by atoms with van der Waals surface area (Å²) < 4.78 is 18.1. The summed E-state index contributed by atoms with van der Waals surface area (Å²) in [6.07, 6.45) is 9.53. The molecule has 0 bridgehead atoms. The van der Waals surface area contributed by atoms with Crippen molar-refractivity contribution in [1.29, 1.82) is 0 Å². The molecule has 1 aromatic rings. The Morgan fingerprint density at radius 3 is 2.46 bits per heavy atom. The first kappa shape index (κ1) is 20.8. The summed E-state index contributed by atoms with van der Waals surface area (Å²) in [5.41, 5.74) is 3.56. The number of rotatable bonds is 0. The Morgan fingerprint density at radius 1 is 1.00 bits per heavy atom. The van der Waals surface area contributed by atoms with Crippen LogP contribution in [0.3, 0.4) is 0 Å². The lowest BCUT2D eigenvalue weighted by atomic mass is 9.94. The molecule has 0 N–H and O–H groups in total. The molecule has 0 radical (unpaired) electrons. The lowest BCUT2D eigenvalue weighted by Crippen LogP contribution is -2.28. The fraction of sp³-hybridized carbons (Fsp3) is 0.542. The summed E-state index contributed by atoms with van der Waals surface area (Å²) in [6.45, 7) is 12.0. The first-order valence-corrected chi connectivity index (χ1v) is 10.2. The van der Waals surface area contributed by atoms with Crippen molar-refractivity contribution in [3.05, 3.63) is 52.6 Å². The molecular weight excluding hydrogens is 352 g/mol. The molecule has 1 fully saturated rings. The van der Waals surface area contributed by atoms with Crippen LogP contribution < -0.4 is 0 Å². The zero-order valence-corrected chi connectivity index (χ0v) is 17.8. The maximum absolute atomic E-state index is 12.9. The lowest BCUT2D eigenvalue weighted by molar-refractivity contribution is -0.148. The van der Waals surface area contributed by atoms with Crippen molar-refractivity contribution in [3.8, 4) is 0 Å². The number of cyclic esters (lactones) is 1. The number of carbonyl (C=O) groups is 1. The molecule has 0 spiro atoms. The standard InChI is InChI=1S/C24H32O4/c1-15-13-14-16(2)21-19(15)11-8-12-20-22(28-24(5,6)27-20)17(3)9-7-10-18(4)26-23(21)25/h7-9,11,13-14,17-18,20,22H,10,12H2,1-6H3/b9-7-,11-8+/t17?,18-,20-,22+/m0/s1. The van der Waals surface area contributed by atoms with Crippen molar-refractivity contribution in [2.24, 2.45) is 5.92 Å². The van der Waals surface area contributed by atoms with E-state index in [-0.39, 0.29) is 30.2 Å². The number of hydrogen-bond donors (Lipinski definition) is 0. The third-order valence-corrected chi connectivity index (χ3v) is 5.48. The van der Waals surface area contributed by atoms with Gasteiger partial charge < -0.3 is 14.2 Å². The molecule has 0 aliphatic carbocycles. The van der Waals surface area contributed by atoms with Gasteiger partial charge in [-0.2, -0.15) is 0 Å². The van der Waals surface area contributed by atoms with Crippen LogP contribution in [0.15, 0.2) is 30.4 Å². The summed E-state index contributed by atoms with van der Waals surface area (Å²) in [5.74, 6) is -0.635. The molecule has 0 saturated carbocycles. The number of ether oxygens (including phenoxy) is 3. The maximum Gasteiger partial charge on any atom is 0.339 e. The number of benzene rings is 1. The molecule has 152 valence electrons. The molecule has 28 heavy (non-hydrogen) atoms. The zero-order valence-electron chi connectivity index (χ0n) is 17.8. The van der Waals surface area contributed by atoms with E-state index in [4.69, 9.17) is 14.2 Å². The average Bonchev–Trinajstić information content (AvgIpc) is 2.91. The molecule has 4 heteroatoms. The summed E-state index contributed by atoms with van der Waals surface area (Å²) in [4.78, 5) is 12.9. The lowest BCUT2D eigenvalue weighted by Gasteiger charge is -2.21. The second-order valence-corrected chi connectivity index (χ2v) is 8.50. The molecular formula is C24H32O4.